The van der Waals surface area contributed by atoms with Crippen LogP contribution in [0.15, 0.2) is 16.6 Å². The monoisotopic (exact) mass is 362 g/mol. The Kier molecular flexibility index (Phi) is 6.10. The normalized spacial score (nSPS) is 20.2. The van der Waals surface area contributed by atoms with E-state index in [9.17, 15) is 8.78 Å². The van der Waals surface area contributed by atoms with Gasteiger partial charge < -0.3 is 10.1 Å². The molecule has 1 N–H and O–H groups in total. The number of nitrogens with one attached hydrogen (secondary N) is 1. The van der Waals surface area contributed by atoms with Gasteiger partial charge in [0.25, 0.3) is 0 Å². The highest BCUT2D eigenvalue weighted by Gasteiger charge is 2.25. The fourth-order valence-corrected chi connectivity index (χ4v) is 2.75. The van der Waals surface area contributed by atoms with Gasteiger partial charge in [0.1, 0.15) is 11.6 Å². The van der Waals surface area contributed by atoms with Crippen LogP contribution in [0.4, 0.5) is 8.78 Å². The summed E-state index contributed by atoms with van der Waals surface area (Å²) in [5.41, 5.74) is 0.112. The van der Waals surface area contributed by atoms with Crippen LogP contribution in [0.25, 0.3) is 0 Å². The summed E-state index contributed by atoms with van der Waals surface area (Å²) < 4.78 is 33.8. The quantitative estimate of drug-likeness (QED) is 0.815. The standard InChI is InChI=1S/C15H21BrF2N2O/c1-10(2)19-7-11-9-21-6-5-20(11)8-12-14(17)4-3-13(16)15(12)18/h3-4,10-11,19H,5-9H2,1-2H3. The van der Waals surface area contributed by atoms with E-state index >= 15 is 0 Å². The van der Waals surface area contributed by atoms with Gasteiger partial charge in [-0.2, -0.15) is 0 Å². The Hall–Kier alpha value is -0.560. The maximum atomic E-state index is 14.1. The second-order valence-electron chi connectivity index (χ2n) is 5.58. The van der Waals surface area contributed by atoms with Gasteiger partial charge in [0, 0.05) is 37.3 Å². The molecule has 1 unspecified atom stereocenters. The summed E-state index contributed by atoms with van der Waals surface area (Å²) in [6, 6.07) is 3.18. The van der Waals surface area contributed by atoms with Crippen molar-refractivity contribution in [2.75, 3.05) is 26.3 Å². The molecule has 6 heteroatoms. The van der Waals surface area contributed by atoms with Crippen LogP contribution in [0.2, 0.25) is 0 Å². The Morgan fingerprint density at radius 1 is 1.43 bits per heavy atom. The van der Waals surface area contributed by atoms with E-state index in [4.69, 9.17) is 4.74 Å². The van der Waals surface area contributed by atoms with Crippen molar-refractivity contribution >= 4 is 15.9 Å². The predicted octanol–water partition coefficient (Wildman–Crippen LogP) is 2.93. The molecule has 1 aliphatic rings. The van der Waals surface area contributed by atoms with Crippen LogP contribution in [-0.4, -0.2) is 43.3 Å². The van der Waals surface area contributed by atoms with Gasteiger partial charge in [0.2, 0.25) is 0 Å². The topological polar surface area (TPSA) is 24.5 Å². The first-order valence-corrected chi connectivity index (χ1v) is 7.96. The summed E-state index contributed by atoms with van der Waals surface area (Å²) in [6.07, 6.45) is 0. The highest BCUT2D eigenvalue weighted by atomic mass is 79.9. The molecule has 1 aromatic carbocycles. The van der Waals surface area contributed by atoms with Crippen molar-refractivity contribution in [2.24, 2.45) is 0 Å². The van der Waals surface area contributed by atoms with Gasteiger partial charge in [-0.3, -0.25) is 4.90 Å². The maximum absolute atomic E-state index is 14.1. The Bertz CT molecular complexity index is 485. The fourth-order valence-electron chi connectivity index (χ4n) is 2.37. The molecule has 1 aromatic rings. The molecule has 1 fully saturated rings. The average molecular weight is 363 g/mol. The Morgan fingerprint density at radius 2 is 2.19 bits per heavy atom. The Morgan fingerprint density at radius 3 is 2.90 bits per heavy atom. The summed E-state index contributed by atoms with van der Waals surface area (Å²) >= 11 is 3.11. The van der Waals surface area contributed by atoms with Crippen molar-refractivity contribution in [1.29, 1.82) is 0 Å². The van der Waals surface area contributed by atoms with Gasteiger partial charge in [0.05, 0.1) is 17.7 Å². The van der Waals surface area contributed by atoms with Crippen LogP contribution < -0.4 is 5.32 Å². The Labute approximate surface area is 132 Å². The molecule has 118 valence electrons. The SMILES string of the molecule is CC(C)NCC1COCCN1Cc1c(F)ccc(Br)c1F. The second kappa shape index (κ2) is 7.63. The summed E-state index contributed by atoms with van der Waals surface area (Å²) in [6.45, 7) is 6.99. The fraction of sp³-hybridized carbons (Fsp3) is 0.600. The summed E-state index contributed by atoms with van der Waals surface area (Å²) in [5.74, 6) is -1.02. The van der Waals surface area contributed by atoms with Crippen molar-refractivity contribution < 1.29 is 13.5 Å². The molecule has 0 bridgehead atoms. The van der Waals surface area contributed by atoms with Crippen molar-refractivity contribution in [3.63, 3.8) is 0 Å². The largest absolute Gasteiger partial charge is 0.378 e. The number of benzene rings is 1. The van der Waals surface area contributed by atoms with E-state index in [1.54, 1.807) is 0 Å². The number of nitrogens with zero attached hydrogens (tertiary/aromatic N) is 1. The molecular weight excluding hydrogens is 342 g/mol. The second-order valence-corrected chi connectivity index (χ2v) is 6.44. The molecule has 0 amide bonds. The molecule has 1 saturated heterocycles. The summed E-state index contributed by atoms with van der Waals surface area (Å²) in [7, 11) is 0. The minimum Gasteiger partial charge on any atom is -0.378 e. The zero-order chi connectivity index (χ0) is 15.4. The van der Waals surface area contributed by atoms with E-state index in [0.717, 1.165) is 6.54 Å². The highest BCUT2D eigenvalue weighted by molar-refractivity contribution is 9.10. The molecule has 1 atom stereocenters. The molecule has 0 aromatic heterocycles. The summed E-state index contributed by atoms with van der Waals surface area (Å²) in [4.78, 5) is 2.08. The molecule has 0 spiro atoms. The van der Waals surface area contributed by atoms with E-state index < -0.39 is 11.6 Å². The third kappa shape index (κ3) is 4.45. The lowest BCUT2D eigenvalue weighted by molar-refractivity contribution is -0.0123. The molecular formula is C15H21BrF2N2O. The zero-order valence-electron chi connectivity index (χ0n) is 12.3. The zero-order valence-corrected chi connectivity index (χ0v) is 13.9. The van der Waals surface area contributed by atoms with Gasteiger partial charge in [-0.05, 0) is 28.1 Å². The lowest BCUT2D eigenvalue weighted by atomic mass is 10.1. The number of morpholine rings is 1. The van der Waals surface area contributed by atoms with Crippen LogP contribution in [0.1, 0.15) is 19.4 Å². The molecule has 1 heterocycles. The van der Waals surface area contributed by atoms with Crippen LogP contribution in [0.5, 0.6) is 0 Å². The lowest BCUT2D eigenvalue weighted by Crippen LogP contribution is -2.50. The number of hydrogen-bond donors (Lipinski definition) is 1. The van der Waals surface area contributed by atoms with Crippen LogP contribution in [-0.2, 0) is 11.3 Å². The molecule has 2 rings (SSSR count). The summed E-state index contributed by atoms with van der Waals surface area (Å²) in [5, 5.41) is 3.35. The number of halogens is 3. The minimum atomic E-state index is -0.517. The van der Waals surface area contributed by atoms with Gasteiger partial charge in [-0.25, -0.2) is 8.78 Å². The van der Waals surface area contributed by atoms with E-state index in [2.05, 4.69) is 40.0 Å². The third-order valence-electron chi connectivity index (χ3n) is 3.61. The third-order valence-corrected chi connectivity index (χ3v) is 4.22. The van der Waals surface area contributed by atoms with Crippen LogP contribution in [0.3, 0.4) is 0 Å². The van der Waals surface area contributed by atoms with Gasteiger partial charge in [0.15, 0.2) is 0 Å². The molecule has 21 heavy (non-hydrogen) atoms. The molecule has 1 aliphatic heterocycles. The van der Waals surface area contributed by atoms with Gasteiger partial charge in [-0.15, -0.1) is 0 Å². The first-order chi connectivity index (χ1) is 9.99. The highest BCUT2D eigenvalue weighted by Crippen LogP contribution is 2.24. The molecule has 0 radical (unpaired) electrons. The van der Waals surface area contributed by atoms with Crippen molar-refractivity contribution in [1.82, 2.24) is 10.2 Å². The minimum absolute atomic E-state index is 0.112. The molecule has 0 saturated carbocycles. The average Bonchev–Trinajstić information content (AvgIpc) is 2.46. The first kappa shape index (κ1) is 16.8. The van der Waals surface area contributed by atoms with Crippen molar-refractivity contribution in [3.8, 4) is 0 Å². The van der Waals surface area contributed by atoms with E-state index in [1.165, 1.54) is 12.1 Å². The Balaban J connectivity index is 2.10. The predicted molar refractivity (Wildman–Crippen MR) is 82.2 cm³/mol. The molecule has 0 aliphatic carbocycles. The maximum Gasteiger partial charge on any atom is 0.144 e. The first-order valence-electron chi connectivity index (χ1n) is 7.16. The van der Waals surface area contributed by atoms with Crippen LogP contribution >= 0.6 is 15.9 Å². The van der Waals surface area contributed by atoms with Gasteiger partial charge in [-0.1, -0.05) is 13.8 Å². The van der Waals surface area contributed by atoms with E-state index in [1.807, 2.05) is 0 Å². The van der Waals surface area contributed by atoms with Crippen LogP contribution in [0, 0.1) is 11.6 Å². The number of hydrogen-bond acceptors (Lipinski definition) is 3. The van der Waals surface area contributed by atoms with Crippen molar-refractivity contribution in [3.05, 3.63) is 33.8 Å². The lowest BCUT2D eigenvalue weighted by Gasteiger charge is -2.36. The number of ether oxygens (including phenoxy) is 1. The number of rotatable bonds is 5. The van der Waals surface area contributed by atoms with Gasteiger partial charge >= 0.3 is 0 Å². The van der Waals surface area contributed by atoms with E-state index in [0.29, 0.717) is 30.3 Å². The molecule has 3 nitrogen and oxygen atoms in total. The smallest absolute Gasteiger partial charge is 0.144 e. The van der Waals surface area contributed by atoms with Crippen molar-refractivity contribution in [2.45, 2.75) is 32.5 Å². The van der Waals surface area contributed by atoms with E-state index in [-0.39, 0.29) is 18.2 Å².